The monoisotopic (exact) mass is 318 g/mol. The van der Waals surface area contributed by atoms with Gasteiger partial charge >= 0.3 is 0 Å². The minimum Gasteiger partial charge on any atom is -0.351 e. The number of nitro groups is 1. The standard InChI is InChI=1S/C16H15ClN2O3/c1-11-3-2-4-14(15(11)19(21)22)16(20)18-10-9-12-5-7-13(17)8-6-12/h2-8H,9-10H2,1H3,(H,18,20). The van der Waals surface area contributed by atoms with Crippen molar-refractivity contribution in [3.63, 3.8) is 0 Å². The van der Waals surface area contributed by atoms with Gasteiger partial charge in [-0.05, 0) is 37.1 Å². The van der Waals surface area contributed by atoms with Gasteiger partial charge in [-0.2, -0.15) is 0 Å². The maximum Gasteiger partial charge on any atom is 0.285 e. The SMILES string of the molecule is Cc1cccc(C(=O)NCCc2ccc(Cl)cc2)c1[N+](=O)[O-]. The molecule has 1 amide bonds. The van der Waals surface area contributed by atoms with E-state index in [1.54, 1.807) is 31.2 Å². The quantitative estimate of drug-likeness (QED) is 0.677. The minimum atomic E-state index is -0.524. The van der Waals surface area contributed by atoms with Gasteiger partial charge in [0.2, 0.25) is 0 Å². The van der Waals surface area contributed by atoms with Crippen molar-refractivity contribution in [3.05, 3.63) is 74.3 Å². The predicted octanol–water partition coefficient (Wildman–Crippen LogP) is 3.53. The second-order valence-corrected chi connectivity index (χ2v) is 5.30. The average Bonchev–Trinajstić information content (AvgIpc) is 2.48. The number of hydrogen-bond donors (Lipinski definition) is 1. The van der Waals surface area contributed by atoms with Gasteiger partial charge in [0.25, 0.3) is 11.6 Å². The van der Waals surface area contributed by atoms with E-state index < -0.39 is 10.8 Å². The molecule has 0 aromatic heterocycles. The minimum absolute atomic E-state index is 0.0844. The number of aryl methyl sites for hydroxylation is 1. The van der Waals surface area contributed by atoms with Crippen molar-refractivity contribution < 1.29 is 9.72 Å². The average molecular weight is 319 g/mol. The van der Waals surface area contributed by atoms with E-state index in [2.05, 4.69) is 5.32 Å². The zero-order valence-electron chi connectivity index (χ0n) is 12.0. The van der Waals surface area contributed by atoms with Gasteiger partial charge in [-0.15, -0.1) is 0 Å². The van der Waals surface area contributed by atoms with E-state index in [0.717, 1.165) is 5.56 Å². The van der Waals surface area contributed by atoms with Crippen molar-refractivity contribution in [1.82, 2.24) is 5.32 Å². The summed E-state index contributed by atoms with van der Waals surface area (Å²) in [6.07, 6.45) is 0.628. The Kier molecular flexibility index (Phi) is 5.12. The van der Waals surface area contributed by atoms with E-state index >= 15 is 0 Å². The third-order valence-corrected chi connectivity index (χ3v) is 3.53. The first-order chi connectivity index (χ1) is 10.5. The van der Waals surface area contributed by atoms with Crippen LogP contribution in [-0.2, 0) is 6.42 Å². The number of nitro benzene ring substituents is 1. The van der Waals surface area contributed by atoms with Gasteiger partial charge in [0.15, 0.2) is 0 Å². The van der Waals surface area contributed by atoms with Crippen molar-refractivity contribution in [1.29, 1.82) is 0 Å². The molecule has 0 unspecified atom stereocenters. The topological polar surface area (TPSA) is 72.2 Å². The highest BCUT2D eigenvalue weighted by molar-refractivity contribution is 6.30. The molecule has 1 N–H and O–H groups in total. The summed E-state index contributed by atoms with van der Waals surface area (Å²) in [4.78, 5) is 22.7. The summed E-state index contributed by atoms with van der Waals surface area (Å²) in [5.41, 5.74) is 1.44. The van der Waals surface area contributed by atoms with Crippen LogP contribution < -0.4 is 5.32 Å². The Labute approximate surface area is 133 Å². The molecule has 114 valence electrons. The zero-order chi connectivity index (χ0) is 16.1. The van der Waals surface area contributed by atoms with Crippen LogP contribution in [0, 0.1) is 17.0 Å². The fraction of sp³-hybridized carbons (Fsp3) is 0.188. The normalized spacial score (nSPS) is 10.3. The molecule has 0 aliphatic carbocycles. The molecule has 0 bridgehead atoms. The largest absolute Gasteiger partial charge is 0.351 e. The molecule has 2 rings (SSSR count). The van der Waals surface area contributed by atoms with Crippen LogP contribution in [0.1, 0.15) is 21.5 Å². The molecule has 0 saturated heterocycles. The van der Waals surface area contributed by atoms with Crippen molar-refractivity contribution in [2.24, 2.45) is 0 Å². The summed E-state index contributed by atoms with van der Waals surface area (Å²) in [7, 11) is 0. The lowest BCUT2D eigenvalue weighted by atomic mass is 10.1. The summed E-state index contributed by atoms with van der Waals surface area (Å²) in [5, 5.41) is 14.5. The molecule has 0 heterocycles. The smallest absolute Gasteiger partial charge is 0.285 e. The summed E-state index contributed by atoms with van der Waals surface area (Å²) < 4.78 is 0. The Morgan fingerprint density at radius 1 is 1.23 bits per heavy atom. The second kappa shape index (κ2) is 7.04. The number of amides is 1. The van der Waals surface area contributed by atoms with E-state index in [-0.39, 0.29) is 11.3 Å². The number of benzene rings is 2. The maximum absolute atomic E-state index is 12.1. The predicted molar refractivity (Wildman–Crippen MR) is 85.3 cm³/mol. The number of carbonyl (C=O) groups excluding carboxylic acids is 1. The third-order valence-electron chi connectivity index (χ3n) is 3.28. The summed E-state index contributed by atoms with van der Waals surface area (Å²) in [5.74, 6) is -0.440. The van der Waals surface area contributed by atoms with E-state index in [1.165, 1.54) is 6.07 Å². The fourth-order valence-electron chi connectivity index (χ4n) is 2.15. The molecular weight excluding hydrogens is 304 g/mol. The molecule has 0 fully saturated rings. The van der Waals surface area contributed by atoms with Gasteiger partial charge < -0.3 is 5.32 Å². The molecule has 2 aromatic carbocycles. The van der Waals surface area contributed by atoms with Crippen LogP contribution in [0.15, 0.2) is 42.5 Å². The van der Waals surface area contributed by atoms with Gasteiger partial charge in [0, 0.05) is 17.1 Å². The molecule has 0 spiro atoms. The maximum atomic E-state index is 12.1. The first-order valence-electron chi connectivity index (χ1n) is 6.75. The molecule has 5 nitrogen and oxygen atoms in total. The van der Waals surface area contributed by atoms with Crippen LogP contribution in [0.5, 0.6) is 0 Å². The Hall–Kier alpha value is -2.40. The highest BCUT2D eigenvalue weighted by Crippen LogP contribution is 2.22. The first kappa shape index (κ1) is 16.0. The molecule has 6 heteroatoms. The number of carbonyl (C=O) groups is 1. The molecule has 2 aromatic rings. The molecule has 0 aliphatic rings. The molecular formula is C16H15ClN2O3. The number of nitrogens with zero attached hydrogens (tertiary/aromatic N) is 1. The Balaban J connectivity index is 2.02. The second-order valence-electron chi connectivity index (χ2n) is 4.86. The van der Waals surface area contributed by atoms with E-state index in [4.69, 9.17) is 11.6 Å². The molecule has 0 radical (unpaired) electrons. The van der Waals surface area contributed by atoms with Crippen LogP contribution in [0.2, 0.25) is 5.02 Å². The van der Waals surface area contributed by atoms with Gasteiger partial charge in [0.1, 0.15) is 5.56 Å². The lowest BCUT2D eigenvalue weighted by Crippen LogP contribution is -2.26. The van der Waals surface area contributed by atoms with Gasteiger partial charge in [-0.25, -0.2) is 0 Å². The molecule has 0 atom stereocenters. The van der Waals surface area contributed by atoms with Gasteiger partial charge in [-0.1, -0.05) is 35.9 Å². The van der Waals surface area contributed by atoms with Gasteiger partial charge in [0.05, 0.1) is 4.92 Å². The Morgan fingerprint density at radius 2 is 1.91 bits per heavy atom. The summed E-state index contributed by atoms with van der Waals surface area (Å²) in [6.45, 7) is 2.01. The Morgan fingerprint density at radius 3 is 2.55 bits per heavy atom. The fourth-order valence-corrected chi connectivity index (χ4v) is 2.28. The van der Waals surface area contributed by atoms with Crippen molar-refractivity contribution in [2.75, 3.05) is 6.54 Å². The van der Waals surface area contributed by atoms with Crippen molar-refractivity contribution in [2.45, 2.75) is 13.3 Å². The van der Waals surface area contributed by atoms with Crippen molar-refractivity contribution >= 4 is 23.2 Å². The highest BCUT2D eigenvalue weighted by atomic mass is 35.5. The molecule has 22 heavy (non-hydrogen) atoms. The van der Waals surface area contributed by atoms with E-state index in [9.17, 15) is 14.9 Å². The van der Waals surface area contributed by atoms with Crippen LogP contribution >= 0.6 is 11.6 Å². The third kappa shape index (κ3) is 3.83. The number of hydrogen-bond acceptors (Lipinski definition) is 3. The Bertz CT molecular complexity index is 699. The lowest BCUT2D eigenvalue weighted by molar-refractivity contribution is -0.385. The summed E-state index contributed by atoms with van der Waals surface area (Å²) in [6, 6.07) is 12.0. The molecule has 0 saturated carbocycles. The van der Waals surface area contributed by atoms with Crippen LogP contribution in [0.25, 0.3) is 0 Å². The zero-order valence-corrected chi connectivity index (χ0v) is 12.8. The lowest BCUT2D eigenvalue weighted by Gasteiger charge is -2.07. The number of nitrogens with one attached hydrogen (secondary N) is 1. The number of halogens is 1. The van der Waals surface area contributed by atoms with Crippen LogP contribution in [-0.4, -0.2) is 17.4 Å². The summed E-state index contributed by atoms with van der Waals surface area (Å²) >= 11 is 5.80. The van der Waals surface area contributed by atoms with E-state index in [1.807, 2.05) is 12.1 Å². The van der Waals surface area contributed by atoms with E-state index in [0.29, 0.717) is 23.6 Å². The first-order valence-corrected chi connectivity index (χ1v) is 7.13. The van der Waals surface area contributed by atoms with Crippen LogP contribution in [0.3, 0.4) is 0 Å². The number of para-hydroxylation sites is 1. The molecule has 0 aliphatic heterocycles. The number of rotatable bonds is 5. The van der Waals surface area contributed by atoms with Crippen molar-refractivity contribution in [3.8, 4) is 0 Å². The van der Waals surface area contributed by atoms with Gasteiger partial charge in [-0.3, -0.25) is 14.9 Å². The highest BCUT2D eigenvalue weighted by Gasteiger charge is 2.21. The van der Waals surface area contributed by atoms with Crippen LogP contribution in [0.4, 0.5) is 5.69 Å².